The number of unbranched alkanes of at least 4 members (excludes halogenated alkanes) is 1. The number of nitrogens with zero attached hydrogens (tertiary/aromatic N) is 2. The summed E-state index contributed by atoms with van der Waals surface area (Å²) in [5.74, 6) is 0.297. The fourth-order valence-corrected chi connectivity index (χ4v) is 4.48. The third-order valence-electron chi connectivity index (χ3n) is 4.71. The third-order valence-corrected chi connectivity index (χ3v) is 6.07. The van der Waals surface area contributed by atoms with Crippen molar-refractivity contribution < 1.29 is 4.79 Å². The lowest BCUT2D eigenvalue weighted by molar-refractivity contribution is -0.116. The number of amides is 1. The van der Waals surface area contributed by atoms with E-state index in [2.05, 4.69) is 4.98 Å². The van der Waals surface area contributed by atoms with E-state index < -0.39 is 11.2 Å². The Morgan fingerprint density at radius 1 is 1.27 bits per heavy atom. The number of hydrogen-bond donors (Lipinski definition) is 2. The second-order valence-electron chi connectivity index (χ2n) is 6.76. The highest BCUT2D eigenvalue weighted by molar-refractivity contribution is 8.00. The SMILES string of the molecule is CCCCN(C(=O)CSC1CCCC1)c1c(N)n(CCC)c(=O)[nH]c1=O. The van der Waals surface area contributed by atoms with Crippen LogP contribution in [0.1, 0.15) is 58.8 Å². The maximum absolute atomic E-state index is 12.9. The first-order valence-electron chi connectivity index (χ1n) is 9.54. The third kappa shape index (κ3) is 4.93. The summed E-state index contributed by atoms with van der Waals surface area (Å²) in [5.41, 5.74) is 5.14. The van der Waals surface area contributed by atoms with Gasteiger partial charge >= 0.3 is 5.69 Å². The molecule has 0 aliphatic heterocycles. The van der Waals surface area contributed by atoms with Crippen molar-refractivity contribution in [2.45, 2.75) is 70.6 Å². The number of aromatic nitrogens is 2. The summed E-state index contributed by atoms with van der Waals surface area (Å²) >= 11 is 1.67. The molecule has 8 heteroatoms. The van der Waals surface area contributed by atoms with Gasteiger partial charge in [0.1, 0.15) is 5.82 Å². The highest BCUT2D eigenvalue weighted by Gasteiger charge is 2.25. The molecule has 3 N–H and O–H groups in total. The second-order valence-corrected chi connectivity index (χ2v) is 8.05. The van der Waals surface area contributed by atoms with Crippen LogP contribution in [0.3, 0.4) is 0 Å². The molecule has 0 saturated heterocycles. The number of hydrogen-bond acceptors (Lipinski definition) is 5. The molecule has 0 radical (unpaired) electrons. The van der Waals surface area contributed by atoms with E-state index in [0.29, 0.717) is 30.5 Å². The number of rotatable bonds is 9. The van der Waals surface area contributed by atoms with Crippen LogP contribution in [0.5, 0.6) is 0 Å². The summed E-state index contributed by atoms with van der Waals surface area (Å²) in [6.07, 6.45) is 7.11. The first-order chi connectivity index (χ1) is 12.5. The lowest BCUT2D eigenvalue weighted by atomic mass is 10.2. The van der Waals surface area contributed by atoms with Gasteiger partial charge in [-0.25, -0.2) is 4.79 Å². The van der Waals surface area contributed by atoms with E-state index in [1.54, 1.807) is 11.8 Å². The van der Waals surface area contributed by atoms with E-state index in [-0.39, 0.29) is 17.4 Å². The lowest BCUT2D eigenvalue weighted by Crippen LogP contribution is -2.42. The Bertz CT molecular complexity index is 722. The molecule has 0 aromatic carbocycles. The minimum Gasteiger partial charge on any atom is -0.383 e. The normalized spacial score (nSPS) is 14.7. The molecule has 1 aliphatic carbocycles. The van der Waals surface area contributed by atoms with Gasteiger partial charge in [0.25, 0.3) is 5.56 Å². The minimum absolute atomic E-state index is 0.0796. The number of nitrogens with one attached hydrogen (secondary N) is 1. The Labute approximate surface area is 158 Å². The molecule has 0 unspecified atom stereocenters. The number of thioether (sulfide) groups is 1. The van der Waals surface area contributed by atoms with Gasteiger partial charge in [0.2, 0.25) is 5.91 Å². The molecule has 7 nitrogen and oxygen atoms in total. The minimum atomic E-state index is -0.588. The molecule has 146 valence electrons. The number of carbonyl (C=O) groups is 1. The van der Waals surface area contributed by atoms with Crippen molar-refractivity contribution in [2.24, 2.45) is 0 Å². The summed E-state index contributed by atoms with van der Waals surface area (Å²) < 4.78 is 1.34. The van der Waals surface area contributed by atoms with Crippen LogP contribution < -0.4 is 21.9 Å². The van der Waals surface area contributed by atoms with Gasteiger partial charge in [0, 0.05) is 18.3 Å². The van der Waals surface area contributed by atoms with Crippen LogP contribution in [-0.4, -0.2) is 33.0 Å². The van der Waals surface area contributed by atoms with Crippen LogP contribution in [0.15, 0.2) is 9.59 Å². The topological polar surface area (TPSA) is 101 Å². The van der Waals surface area contributed by atoms with Gasteiger partial charge in [0.05, 0.1) is 5.75 Å². The number of nitrogen functional groups attached to an aromatic ring is 1. The second kappa shape index (κ2) is 9.85. The Morgan fingerprint density at radius 3 is 2.58 bits per heavy atom. The van der Waals surface area contributed by atoms with Gasteiger partial charge in [-0.15, -0.1) is 11.8 Å². The maximum Gasteiger partial charge on any atom is 0.330 e. The summed E-state index contributed by atoms with van der Waals surface area (Å²) in [7, 11) is 0. The zero-order valence-corrected chi connectivity index (χ0v) is 16.6. The number of H-pyrrole nitrogens is 1. The van der Waals surface area contributed by atoms with Crippen molar-refractivity contribution in [3.8, 4) is 0 Å². The molecule has 0 atom stereocenters. The van der Waals surface area contributed by atoms with Crippen molar-refractivity contribution >= 4 is 29.2 Å². The molecule has 1 aromatic heterocycles. The maximum atomic E-state index is 12.9. The number of nitrogens with two attached hydrogens (primary N) is 1. The average molecular weight is 383 g/mol. The molecule has 1 amide bonds. The fraction of sp³-hybridized carbons (Fsp3) is 0.722. The zero-order chi connectivity index (χ0) is 19.1. The van der Waals surface area contributed by atoms with E-state index in [4.69, 9.17) is 5.73 Å². The first kappa shape index (κ1) is 20.6. The van der Waals surface area contributed by atoms with E-state index >= 15 is 0 Å². The van der Waals surface area contributed by atoms with E-state index in [1.807, 2.05) is 13.8 Å². The predicted molar refractivity (Wildman–Crippen MR) is 108 cm³/mol. The van der Waals surface area contributed by atoms with Crippen molar-refractivity contribution in [2.75, 3.05) is 22.9 Å². The monoisotopic (exact) mass is 382 g/mol. The highest BCUT2D eigenvalue weighted by Crippen LogP contribution is 2.30. The Morgan fingerprint density at radius 2 is 1.96 bits per heavy atom. The predicted octanol–water partition coefficient (Wildman–Crippen LogP) is 2.34. The van der Waals surface area contributed by atoms with Gasteiger partial charge < -0.3 is 10.6 Å². The molecule has 26 heavy (non-hydrogen) atoms. The van der Waals surface area contributed by atoms with Gasteiger partial charge in [-0.2, -0.15) is 0 Å². The lowest BCUT2D eigenvalue weighted by Gasteiger charge is -2.25. The first-order valence-corrected chi connectivity index (χ1v) is 10.6. The molecule has 2 rings (SSSR count). The molecule has 0 bridgehead atoms. The molecular weight excluding hydrogens is 352 g/mol. The van der Waals surface area contributed by atoms with Gasteiger partial charge in [-0.3, -0.25) is 19.1 Å². The molecule has 1 aliphatic rings. The summed E-state index contributed by atoms with van der Waals surface area (Å²) in [6.45, 7) is 4.79. The van der Waals surface area contributed by atoms with Crippen LogP contribution in [0, 0.1) is 0 Å². The summed E-state index contributed by atoms with van der Waals surface area (Å²) in [6, 6.07) is 0. The van der Waals surface area contributed by atoms with Crippen molar-refractivity contribution in [3.05, 3.63) is 20.8 Å². The summed E-state index contributed by atoms with van der Waals surface area (Å²) in [4.78, 5) is 41.1. The number of anilines is 2. The Hall–Kier alpha value is -1.70. The van der Waals surface area contributed by atoms with Gasteiger partial charge in [-0.1, -0.05) is 33.1 Å². The Balaban J connectivity index is 2.30. The van der Waals surface area contributed by atoms with Crippen LogP contribution in [-0.2, 0) is 11.3 Å². The standard InChI is InChI=1S/C18H30N4O3S/c1-3-5-11-21(14(23)12-26-13-8-6-7-9-13)15-16(19)22(10-4-2)18(25)20-17(15)24/h13H,3-12,19H2,1-2H3,(H,20,24,25). The summed E-state index contributed by atoms with van der Waals surface area (Å²) in [5, 5.41) is 0.525. The van der Waals surface area contributed by atoms with Gasteiger partial charge in [0.15, 0.2) is 5.69 Å². The number of carbonyl (C=O) groups excluding carboxylic acids is 1. The highest BCUT2D eigenvalue weighted by atomic mass is 32.2. The van der Waals surface area contributed by atoms with Crippen LogP contribution in [0.2, 0.25) is 0 Å². The largest absolute Gasteiger partial charge is 0.383 e. The van der Waals surface area contributed by atoms with Gasteiger partial charge in [-0.05, 0) is 25.7 Å². The molecule has 1 aromatic rings. The molecule has 1 fully saturated rings. The van der Waals surface area contributed by atoms with Crippen molar-refractivity contribution in [3.63, 3.8) is 0 Å². The molecule has 1 saturated carbocycles. The van der Waals surface area contributed by atoms with Crippen molar-refractivity contribution in [1.29, 1.82) is 0 Å². The smallest absolute Gasteiger partial charge is 0.330 e. The molecule has 0 spiro atoms. The average Bonchev–Trinajstić information content (AvgIpc) is 3.12. The number of aromatic amines is 1. The Kier molecular flexibility index (Phi) is 7.81. The van der Waals surface area contributed by atoms with E-state index in [1.165, 1.54) is 22.3 Å². The van der Waals surface area contributed by atoms with E-state index in [9.17, 15) is 14.4 Å². The van der Waals surface area contributed by atoms with Crippen molar-refractivity contribution in [1.82, 2.24) is 9.55 Å². The van der Waals surface area contributed by atoms with Crippen LogP contribution >= 0.6 is 11.8 Å². The quantitative estimate of drug-likeness (QED) is 0.683. The van der Waals surface area contributed by atoms with E-state index in [0.717, 1.165) is 25.7 Å². The molecule has 1 heterocycles. The zero-order valence-electron chi connectivity index (χ0n) is 15.8. The molecular formula is C18H30N4O3S. The van der Waals surface area contributed by atoms with Crippen LogP contribution in [0.25, 0.3) is 0 Å². The van der Waals surface area contributed by atoms with Crippen LogP contribution in [0.4, 0.5) is 11.5 Å². The fourth-order valence-electron chi connectivity index (χ4n) is 3.28.